The maximum Gasteiger partial charge on any atom is 0.158 e. The molecule has 0 atom stereocenters. The third kappa shape index (κ3) is 4.41. The van der Waals surface area contributed by atoms with Crippen molar-refractivity contribution in [3.8, 4) is 22.0 Å². The molecule has 37 heavy (non-hydrogen) atoms. The van der Waals surface area contributed by atoms with Gasteiger partial charge in [-0.25, -0.2) is 14.5 Å². The molecule has 0 radical (unpaired) electrons. The molecule has 0 saturated carbocycles. The highest BCUT2D eigenvalue weighted by molar-refractivity contribution is 7.15. The van der Waals surface area contributed by atoms with E-state index < -0.39 is 0 Å². The van der Waals surface area contributed by atoms with Gasteiger partial charge in [0, 0.05) is 41.5 Å². The van der Waals surface area contributed by atoms with Gasteiger partial charge >= 0.3 is 0 Å². The Labute approximate surface area is 222 Å². The molecule has 0 aromatic carbocycles. The topological polar surface area (TPSA) is 84.2 Å². The van der Waals surface area contributed by atoms with E-state index in [1.54, 1.807) is 6.33 Å². The first kappa shape index (κ1) is 24.7. The number of ether oxygens (including phenoxy) is 1. The molecule has 2 fully saturated rings. The Kier molecular flexibility index (Phi) is 6.63. The van der Waals surface area contributed by atoms with Gasteiger partial charge in [-0.2, -0.15) is 10.2 Å². The molecule has 4 aromatic heterocycles. The van der Waals surface area contributed by atoms with Gasteiger partial charge < -0.3 is 9.64 Å². The highest BCUT2D eigenvalue weighted by Gasteiger charge is 2.30. The van der Waals surface area contributed by atoms with E-state index in [-0.39, 0.29) is 0 Å². The quantitative estimate of drug-likeness (QED) is 0.367. The van der Waals surface area contributed by atoms with E-state index in [1.807, 2.05) is 15.9 Å². The average molecular weight is 520 g/mol. The van der Waals surface area contributed by atoms with Gasteiger partial charge in [0.25, 0.3) is 0 Å². The summed E-state index contributed by atoms with van der Waals surface area (Å²) in [6.07, 6.45) is 8.45. The van der Waals surface area contributed by atoms with Crippen LogP contribution in [0.4, 0.5) is 0 Å². The van der Waals surface area contributed by atoms with Gasteiger partial charge in [-0.15, -0.1) is 11.3 Å². The number of thiazole rings is 1. The predicted molar refractivity (Wildman–Crippen MR) is 147 cm³/mol. The molecule has 8 nitrogen and oxygen atoms in total. The van der Waals surface area contributed by atoms with Crippen LogP contribution in [0.1, 0.15) is 78.6 Å². The van der Waals surface area contributed by atoms with E-state index >= 15 is 0 Å². The molecule has 2 aliphatic heterocycles. The number of aromatic nitrogens is 6. The lowest BCUT2D eigenvalue weighted by molar-refractivity contribution is 0.0253. The molecule has 1 N–H and O–H groups in total. The lowest BCUT2D eigenvalue weighted by Gasteiger charge is -2.39. The summed E-state index contributed by atoms with van der Waals surface area (Å²) in [5.41, 5.74) is 8.78. The number of aromatic amines is 1. The van der Waals surface area contributed by atoms with Gasteiger partial charge in [-0.05, 0) is 82.5 Å². The van der Waals surface area contributed by atoms with E-state index in [4.69, 9.17) is 14.8 Å². The van der Waals surface area contributed by atoms with Crippen LogP contribution in [0.5, 0.6) is 0 Å². The third-order valence-corrected chi connectivity index (χ3v) is 9.75. The summed E-state index contributed by atoms with van der Waals surface area (Å²) in [6, 6.07) is 0.702. The number of H-pyrrole nitrogens is 1. The fraction of sp³-hybridized carbons (Fsp3) is 0.571. The number of fused-ring (bicyclic) bond motifs is 1. The minimum atomic E-state index is 0.297. The first-order valence-electron chi connectivity index (χ1n) is 13.6. The molecule has 4 aromatic rings. The Morgan fingerprint density at radius 1 is 1.05 bits per heavy atom. The van der Waals surface area contributed by atoms with Gasteiger partial charge in [-0.1, -0.05) is 13.8 Å². The van der Waals surface area contributed by atoms with Crippen molar-refractivity contribution in [1.29, 1.82) is 0 Å². The van der Waals surface area contributed by atoms with Gasteiger partial charge in [0.05, 0.1) is 11.4 Å². The Balaban J connectivity index is 1.30. The van der Waals surface area contributed by atoms with Crippen LogP contribution in [-0.4, -0.2) is 67.0 Å². The van der Waals surface area contributed by atoms with Crippen LogP contribution in [0, 0.1) is 20.8 Å². The normalized spacial score (nSPS) is 18.4. The van der Waals surface area contributed by atoms with Crippen LogP contribution in [0.3, 0.4) is 0 Å². The highest BCUT2D eigenvalue weighted by Crippen LogP contribution is 2.42. The van der Waals surface area contributed by atoms with Gasteiger partial charge in [0.2, 0.25) is 0 Å². The SMILES string of the molecule is Cc1nc(-c2n[nH]c(-c3cn4ncnc4c(C)c3C)c2C(C)C)sc1C1CCN(C2CCOCC2)CC1. The number of hydrogen-bond acceptors (Lipinski definition) is 7. The van der Waals surface area contributed by atoms with Gasteiger partial charge in [-0.3, -0.25) is 5.10 Å². The first-order valence-corrected chi connectivity index (χ1v) is 14.4. The molecule has 2 saturated heterocycles. The Hall–Kier alpha value is -2.62. The smallest absolute Gasteiger partial charge is 0.158 e. The van der Waals surface area contributed by atoms with E-state index in [9.17, 15) is 0 Å². The minimum Gasteiger partial charge on any atom is -0.381 e. The zero-order valence-corrected chi connectivity index (χ0v) is 23.4. The minimum absolute atomic E-state index is 0.297. The number of rotatable bonds is 5. The second kappa shape index (κ2) is 9.93. The molecule has 6 heterocycles. The van der Waals surface area contributed by atoms with Gasteiger partial charge in [0.1, 0.15) is 17.0 Å². The summed E-state index contributed by atoms with van der Waals surface area (Å²) in [5, 5.41) is 13.7. The number of likely N-dealkylation sites (tertiary alicyclic amines) is 1. The van der Waals surface area contributed by atoms with Crippen LogP contribution in [0.15, 0.2) is 12.5 Å². The number of nitrogens with one attached hydrogen (secondary N) is 1. The van der Waals surface area contributed by atoms with Crippen molar-refractivity contribution in [2.45, 2.75) is 78.2 Å². The third-order valence-electron chi connectivity index (χ3n) is 8.42. The zero-order valence-electron chi connectivity index (χ0n) is 22.5. The van der Waals surface area contributed by atoms with Crippen molar-refractivity contribution >= 4 is 17.0 Å². The van der Waals surface area contributed by atoms with Crippen LogP contribution < -0.4 is 0 Å². The van der Waals surface area contributed by atoms with Crippen LogP contribution in [0.2, 0.25) is 0 Å². The molecular weight excluding hydrogens is 482 g/mol. The van der Waals surface area contributed by atoms with Crippen molar-refractivity contribution in [2.24, 2.45) is 0 Å². The van der Waals surface area contributed by atoms with Gasteiger partial charge in [0.15, 0.2) is 5.65 Å². The molecule has 196 valence electrons. The standard InChI is InChI=1S/C28H37N7OS/c1-16(2)23-24(22-14-35-27(29-15-30-35)18(4)17(22)3)32-33-25(23)28-31-19(5)26(37-28)20-6-10-34(11-7-20)21-8-12-36-13-9-21/h14-16,20-21H,6-13H2,1-5H3,(H,32,33). The van der Waals surface area contributed by atoms with Crippen LogP contribution >= 0.6 is 11.3 Å². The molecule has 0 aliphatic carbocycles. The van der Waals surface area contributed by atoms with Crippen molar-refractivity contribution in [3.63, 3.8) is 0 Å². The largest absolute Gasteiger partial charge is 0.381 e. The Morgan fingerprint density at radius 3 is 2.54 bits per heavy atom. The number of nitrogens with zero attached hydrogens (tertiary/aromatic N) is 6. The number of pyridine rings is 1. The van der Waals surface area contributed by atoms with Crippen molar-refractivity contribution < 1.29 is 4.74 Å². The van der Waals surface area contributed by atoms with Crippen LogP contribution in [-0.2, 0) is 4.74 Å². The summed E-state index contributed by atoms with van der Waals surface area (Å²) in [7, 11) is 0. The second-order valence-corrected chi connectivity index (χ2v) is 12.0. The molecule has 0 bridgehead atoms. The van der Waals surface area contributed by atoms with Crippen molar-refractivity contribution in [2.75, 3.05) is 26.3 Å². The highest BCUT2D eigenvalue weighted by atomic mass is 32.1. The number of aryl methyl sites for hydroxylation is 2. The second-order valence-electron chi connectivity index (χ2n) is 11.0. The van der Waals surface area contributed by atoms with E-state index in [0.717, 1.165) is 46.4 Å². The lowest BCUT2D eigenvalue weighted by atomic mass is 9.92. The predicted octanol–water partition coefficient (Wildman–Crippen LogP) is 5.65. The molecule has 0 spiro atoms. The summed E-state index contributed by atoms with van der Waals surface area (Å²) >= 11 is 1.85. The molecule has 0 amide bonds. The average Bonchev–Trinajstić information content (AvgIpc) is 3.65. The summed E-state index contributed by atoms with van der Waals surface area (Å²) in [5.74, 6) is 0.883. The Morgan fingerprint density at radius 2 is 1.81 bits per heavy atom. The lowest BCUT2D eigenvalue weighted by Crippen LogP contribution is -2.43. The van der Waals surface area contributed by atoms with Crippen molar-refractivity contribution in [1.82, 2.24) is 34.7 Å². The molecule has 6 rings (SSSR count). The Bertz CT molecular complexity index is 1400. The fourth-order valence-electron chi connectivity index (χ4n) is 6.20. The molecule has 2 aliphatic rings. The first-order chi connectivity index (χ1) is 17.9. The zero-order chi connectivity index (χ0) is 25.7. The molecule has 0 unspecified atom stereocenters. The van der Waals surface area contributed by atoms with Crippen molar-refractivity contribution in [3.05, 3.63) is 39.8 Å². The maximum atomic E-state index is 5.58. The van der Waals surface area contributed by atoms with E-state index in [1.165, 1.54) is 60.5 Å². The summed E-state index contributed by atoms with van der Waals surface area (Å²) < 4.78 is 7.44. The summed E-state index contributed by atoms with van der Waals surface area (Å²) in [4.78, 5) is 13.6. The van der Waals surface area contributed by atoms with E-state index in [2.05, 4.69) is 60.9 Å². The maximum absolute atomic E-state index is 5.58. The summed E-state index contributed by atoms with van der Waals surface area (Å²) in [6.45, 7) is 15.1. The monoisotopic (exact) mass is 519 g/mol. The fourth-order valence-corrected chi connectivity index (χ4v) is 7.44. The molecule has 9 heteroatoms. The number of piperidine rings is 1. The number of hydrogen-bond donors (Lipinski definition) is 1. The molecular formula is C28H37N7OS. The van der Waals surface area contributed by atoms with E-state index in [0.29, 0.717) is 17.9 Å². The van der Waals surface area contributed by atoms with Crippen LogP contribution in [0.25, 0.3) is 27.6 Å².